The molecule has 0 bridgehead atoms. The van der Waals surface area contributed by atoms with Crippen LogP contribution in [0.25, 0.3) is 0 Å². The predicted molar refractivity (Wildman–Crippen MR) is 53.4 cm³/mol. The van der Waals surface area contributed by atoms with Crippen molar-refractivity contribution >= 4 is 11.3 Å². The Morgan fingerprint density at radius 1 is 1.67 bits per heavy atom. The summed E-state index contributed by atoms with van der Waals surface area (Å²) in [5.41, 5.74) is 8.62. The molecule has 0 aromatic carbocycles. The Balaban J connectivity index is 2.32. The third-order valence-corrected chi connectivity index (χ3v) is 3.81. The third-order valence-electron chi connectivity index (χ3n) is 2.71. The van der Waals surface area contributed by atoms with Crippen molar-refractivity contribution < 1.29 is 0 Å². The van der Waals surface area contributed by atoms with E-state index in [1.807, 2.05) is 11.3 Å². The summed E-state index contributed by atoms with van der Waals surface area (Å²) in [6, 6.07) is 0. The molecule has 0 saturated carbocycles. The van der Waals surface area contributed by atoms with Crippen LogP contribution in [0.5, 0.6) is 0 Å². The highest BCUT2D eigenvalue weighted by Crippen LogP contribution is 2.32. The van der Waals surface area contributed by atoms with Gasteiger partial charge in [-0.2, -0.15) is 0 Å². The zero-order valence-corrected chi connectivity index (χ0v) is 8.29. The maximum absolute atomic E-state index is 5.66. The van der Waals surface area contributed by atoms with Crippen molar-refractivity contribution in [2.75, 3.05) is 0 Å². The van der Waals surface area contributed by atoms with Crippen molar-refractivity contribution in [1.29, 1.82) is 0 Å². The van der Waals surface area contributed by atoms with Crippen molar-refractivity contribution in [3.8, 4) is 0 Å². The van der Waals surface area contributed by atoms with Gasteiger partial charge in [-0.25, -0.2) is 0 Å². The summed E-state index contributed by atoms with van der Waals surface area (Å²) in [7, 11) is 0. The molecule has 12 heavy (non-hydrogen) atoms. The Kier molecular flexibility index (Phi) is 2.20. The summed E-state index contributed by atoms with van der Waals surface area (Å²) < 4.78 is 0. The Labute approximate surface area is 77.6 Å². The van der Waals surface area contributed by atoms with Gasteiger partial charge in [-0.05, 0) is 41.7 Å². The molecule has 1 nitrogen and oxygen atoms in total. The summed E-state index contributed by atoms with van der Waals surface area (Å²) >= 11 is 1.90. The second-order valence-corrected chi connectivity index (χ2v) is 4.68. The minimum Gasteiger partial charge on any atom is -0.326 e. The van der Waals surface area contributed by atoms with Crippen molar-refractivity contribution in [2.24, 2.45) is 11.7 Å². The van der Waals surface area contributed by atoms with Gasteiger partial charge >= 0.3 is 0 Å². The smallest absolute Gasteiger partial charge is 0.0189 e. The highest BCUT2D eigenvalue weighted by Gasteiger charge is 2.18. The maximum atomic E-state index is 5.66. The molecule has 1 unspecified atom stereocenters. The molecular weight excluding hydrogens is 166 g/mol. The molecule has 0 aliphatic heterocycles. The average molecular weight is 181 g/mol. The van der Waals surface area contributed by atoms with Gasteiger partial charge in [-0.1, -0.05) is 6.92 Å². The fourth-order valence-corrected chi connectivity index (χ4v) is 3.19. The van der Waals surface area contributed by atoms with Gasteiger partial charge in [0.25, 0.3) is 0 Å². The van der Waals surface area contributed by atoms with Crippen LogP contribution in [0, 0.1) is 5.92 Å². The molecule has 0 saturated heterocycles. The lowest BCUT2D eigenvalue weighted by Gasteiger charge is -2.18. The summed E-state index contributed by atoms with van der Waals surface area (Å²) in [4.78, 5) is 1.59. The fraction of sp³-hybridized carbons (Fsp3) is 0.600. The van der Waals surface area contributed by atoms with E-state index in [-0.39, 0.29) is 0 Å². The molecule has 2 heteroatoms. The van der Waals surface area contributed by atoms with Crippen LogP contribution in [0.15, 0.2) is 5.38 Å². The van der Waals surface area contributed by atoms with Crippen LogP contribution in [0.2, 0.25) is 0 Å². The summed E-state index contributed by atoms with van der Waals surface area (Å²) in [6.45, 7) is 3.06. The first-order chi connectivity index (χ1) is 5.81. The van der Waals surface area contributed by atoms with Crippen molar-refractivity contribution in [1.82, 2.24) is 0 Å². The monoisotopic (exact) mass is 181 g/mol. The van der Waals surface area contributed by atoms with Crippen molar-refractivity contribution in [2.45, 2.75) is 32.7 Å². The molecule has 2 rings (SSSR count). The second kappa shape index (κ2) is 3.19. The van der Waals surface area contributed by atoms with E-state index < -0.39 is 0 Å². The van der Waals surface area contributed by atoms with E-state index >= 15 is 0 Å². The number of hydrogen-bond donors (Lipinski definition) is 1. The minimum absolute atomic E-state index is 0.722. The standard InChI is InChI=1S/C10H15NS/c1-7-2-3-9-8(5-11)6-12-10(9)4-7/h6-7H,2-5,11H2,1H3. The molecule has 0 radical (unpaired) electrons. The van der Waals surface area contributed by atoms with Gasteiger partial charge in [0, 0.05) is 11.4 Å². The SMILES string of the molecule is CC1CCc2c(CN)csc2C1. The normalized spacial score (nSPS) is 22.3. The average Bonchev–Trinajstić information content (AvgIpc) is 2.46. The second-order valence-electron chi connectivity index (χ2n) is 3.71. The Morgan fingerprint density at radius 2 is 2.50 bits per heavy atom. The number of rotatable bonds is 1. The zero-order chi connectivity index (χ0) is 8.55. The molecule has 1 heterocycles. The molecule has 0 amide bonds. The molecule has 1 aliphatic rings. The highest BCUT2D eigenvalue weighted by molar-refractivity contribution is 7.10. The summed E-state index contributed by atoms with van der Waals surface area (Å²) in [6.07, 6.45) is 3.88. The van der Waals surface area contributed by atoms with E-state index in [0.29, 0.717) is 0 Å². The maximum Gasteiger partial charge on any atom is 0.0189 e. The first kappa shape index (κ1) is 8.27. The van der Waals surface area contributed by atoms with Gasteiger partial charge in [0.05, 0.1) is 0 Å². The van der Waals surface area contributed by atoms with Crippen LogP contribution in [-0.4, -0.2) is 0 Å². The molecule has 0 spiro atoms. The van der Waals surface area contributed by atoms with E-state index in [4.69, 9.17) is 5.73 Å². The third kappa shape index (κ3) is 1.29. The molecule has 0 fully saturated rings. The first-order valence-electron chi connectivity index (χ1n) is 4.59. The van der Waals surface area contributed by atoms with Gasteiger partial charge in [-0.15, -0.1) is 11.3 Å². The largest absolute Gasteiger partial charge is 0.326 e. The number of nitrogens with two attached hydrogens (primary N) is 1. The number of hydrogen-bond acceptors (Lipinski definition) is 2. The van der Waals surface area contributed by atoms with Crippen LogP contribution in [0.3, 0.4) is 0 Å². The lowest BCUT2D eigenvalue weighted by molar-refractivity contribution is 0.506. The van der Waals surface area contributed by atoms with Crippen LogP contribution < -0.4 is 5.73 Å². The number of thiophene rings is 1. The lowest BCUT2D eigenvalue weighted by Crippen LogP contribution is -2.11. The van der Waals surface area contributed by atoms with E-state index in [9.17, 15) is 0 Å². The van der Waals surface area contributed by atoms with Gasteiger partial charge < -0.3 is 5.73 Å². The molecule has 1 aromatic rings. The topological polar surface area (TPSA) is 26.0 Å². The summed E-state index contributed by atoms with van der Waals surface area (Å²) in [5, 5.41) is 2.24. The van der Waals surface area contributed by atoms with Crippen LogP contribution in [0.1, 0.15) is 29.3 Å². The zero-order valence-electron chi connectivity index (χ0n) is 7.47. The van der Waals surface area contributed by atoms with E-state index in [0.717, 1.165) is 12.5 Å². The first-order valence-corrected chi connectivity index (χ1v) is 5.47. The molecule has 1 aromatic heterocycles. The molecular formula is C10H15NS. The lowest BCUT2D eigenvalue weighted by atomic mass is 9.89. The number of fused-ring (bicyclic) bond motifs is 1. The van der Waals surface area contributed by atoms with Crippen molar-refractivity contribution in [3.63, 3.8) is 0 Å². The highest BCUT2D eigenvalue weighted by atomic mass is 32.1. The van der Waals surface area contributed by atoms with Crippen LogP contribution in [0.4, 0.5) is 0 Å². The molecule has 1 atom stereocenters. The van der Waals surface area contributed by atoms with E-state index in [1.165, 1.54) is 24.8 Å². The van der Waals surface area contributed by atoms with E-state index in [2.05, 4.69) is 12.3 Å². The molecule has 66 valence electrons. The molecule has 1 aliphatic carbocycles. The predicted octanol–water partition coefficient (Wildman–Crippen LogP) is 2.33. The van der Waals surface area contributed by atoms with Crippen molar-refractivity contribution in [3.05, 3.63) is 21.4 Å². The quantitative estimate of drug-likeness (QED) is 0.707. The summed E-state index contributed by atoms with van der Waals surface area (Å²) in [5.74, 6) is 0.877. The Morgan fingerprint density at radius 3 is 3.25 bits per heavy atom. The van der Waals surface area contributed by atoms with E-state index in [1.54, 1.807) is 10.4 Å². The van der Waals surface area contributed by atoms with Crippen LogP contribution >= 0.6 is 11.3 Å². The van der Waals surface area contributed by atoms with Gasteiger partial charge in [0.15, 0.2) is 0 Å². The van der Waals surface area contributed by atoms with Crippen LogP contribution in [-0.2, 0) is 19.4 Å². The molecule has 2 N–H and O–H groups in total. The fourth-order valence-electron chi connectivity index (χ4n) is 1.92. The van der Waals surface area contributed by atoms with Gasteiger partial charge in [0.2, 0.25) is 0 Å². The van der Waals surface area contributed by atoms with Gasteiger partial charge in [-0.3, -0.25) is 0 Å². The Bertz CT molecular complexity index is 277. The minimum atomic E-state index is 0.722. The Hall–Kier alpha value is -0.340. The van der Waals surface area contributed by atoms with Gasteiger partial charge in [0.1, 0.15) is 0 Å².